The summed E-state index contributed by atoms with van der Waals surface area (Å²) < 4.78 is 29.1. The first-order valence-electron chi connectivity index (χ1n) is 8.14. The number of nitrogen functional groups attached to an aromatic ring is 1. The Labute approximate surface area is 149 Å². The summed E-state index contributed by atoms with van der Waals surface area (Å²) in [5, 5.41) is 19.1. The van der Waals surface area contributed by atoms with Crippen LogP contribution in [0.5, 0.6) is 0 Å². The van der Waals surface area contributed by atoms with E-state index >= 15 is 0 Å². The van der Waals surface area contributed by atoms with Crippen molar-refractivity contribution in [3.8, 4) is 17.2 Å². The van der Waals surface area contributed by atoms with Gasteiger partial charge in [-0.1, -0.05) is 0 Å². The van der Waals surface area contributed by atoms with Gasteiger partial charge in [0.25, 0.3) is 6.43 Å². The van der Waals surface area contributed by atoms with Crippen LogP contribution in [0.2, 0.25) is 0 Å². The maximum atomic E-state index is 13.6. The minimum atomic E-state index is -2.75. The van der Waals surface area contributed by atoms with Crippen molar-refractivity contribution in [2.75, 3.05) is 12.3 Å². The number of hydrogen-bond acceptors (Lipinski definition) is 4. The van der Waals surface area contributed by atoms with Gasteiger partial charge in [-0.3, -0.25) is 4.98 Å². The highest BCUT2D eigenvalue weighted by Gasteiger charge is 2.22. The Hall–Kier alpha value is -2.98. The molecule has 0 atom stereocenters. The molecule has 134 valence electrons. The van der Waals surface area contributed by atoms with E-state index in [0.717, 1.165) is 11.1 Å². The SMILES string of the molecule is Cc1cc2c(cc1C#N)c(-c1cncc(N)c1C(F)F)cn2CCCO. The van der Waals surface area contributed by atoms with Crippen LogP contribution in [-0.4, -0.2) is 21.3 Å². The van der Waals surface area contributed by atoms with Crippen LogP contribution in [0.3, 0.4) is 0 Å². The molecule has 0 radical (unpaired) electrons. The summed E-state index contributed by atoms with van der Waals surface area (Å²) in [4.78, 5) is 3.97. The number of aliphatic hydroxyl groups excluding tert-OH is 1. The molecule has 3 N–H and O–H groups in total. The van der Waals surface area contributed by atoms with Crippen LogP contribution in [0.25, 0.3) is 22.0 Å². The van der Waals surface area contributed by atoms with Crippen LogP contribution in [0, 0.1) is 18.3 Å². The minimum absolute atomic E-state index is 0.0202. The number of alkyl halides is 2. The van der Waals surface area contributed by atoms with Gasteiger partial charge in [-0.15, -0.1) is 0 Å². The van der Waals surface area contributed by atoms with Gasteiger partial charge >= 0.3 is 0 Å². The molecule has 0 fully saturated rings. The number of pyridine rings is 1. The maximum Gasteiger partial charge on any atom is 0.266 e. The third kappa shape index (κ3) is 3.00. The summed E-state index contributed by atoms with van der Waals surface area (Å²) in [6, 6.07) is 5.69. The molecule has 0 aliphatic rings. The molecule has 1 aromatic carbocycles. The Morgan fingerprint density at radius 1 is 1.31 bits per heavy atom. The molecule has 3 rings (SSSR count). The van der Waals surface area contributed by atoms with Crippen molar-refractivity contribution in [3.63, 3.8) is 0 Å². The average molecular weight is 356 g/mol. The largest absolute Gasteiger partial charge is 0.397 e. The lowest BCUT2D eigenvalue weighted by Gasteiger charge is -2.10. The number of fused-ring (bicyclic) bond motifs is 1. The molecule has 0 saturated heterocycles. The second-order valence-corrected chi connectivity index (χ2v) is 6.10. The number of hydrogen-bond donors (Lipinski definition) is 2. The lowest BCUT2D eigenvalue weighted by molar-refractivity contribution is 0.153. The van der Waals surface area contributed by atoms with Gasteiger partial charge in [-0.05, 0) is 31.0 Å². The van der Waals surface area contributed by atoms with Gasteiger partial charge in [-0.2, -0.15) is 5.26 Å². The molecule has 0 saturated carbocycles. The third-order valence-electron chi connectivity index (χ3n) is 4.43. The summed E-state index contributed by atoms with van der Waals surface area (Å²) in [7, 11) is 0. The highest BCUT2D eigenvalue weighted by atomic mass is 19.3. The number of nitrogens with two attached hydrogens (primary N) is 1. The Bertz CT molecular complexity index is 1000. The third-order valence-corrected chi connectivity index (χ3v) is 4.43. The van der Waals surface area contributed by atoms with Gasteiger partial charge in [0.15, 0.2) is 0 Å². The molecular formula is C19H18F2N4O. The molecule has 7 heteroatoms. The van der Waals surface area contributed by atoms with E-state index in [1.807, 2.05) is 17.6 Å². The van der Waals surface area contributed by atoms with Crippen LogP contribution < -0.4 is 5.73 Å². The van der Waals surface area contributed by atoms with E-state index in [2.05, 4.69) is 11.1 Å². The number of benzene rings is 1. The molecule has 0 aliphatic heterocycles. The molecule has 5 nitrogen and oxygen atoms in total. The predicted molar refractivity (Wildman–Crippen MR) is 95.7 cm³/mol. The summed E-state index contributed by atoms with van der Waals surface area (Å²) in [6.45, 7) is 2.37. The zero-order chi connectivity index (χ0) is 18.8. The standard InChI is InChI=1S/C19H18F2N4O/c1-11-5-17-13(6-12(11)7-22)15(10-25(17)3-2-4-26)14-8-24-9-16(23)18(14)19(20)21/h5-6,8-10,19,26H,2-4,23H2,1H3. The number of aromatic nitrogens is 2. The quantitative estimate of drug-likeness (QED) is 0.728. The predicted octanol–water partition coefficient (Wildman–Crippen LogP) is 3.79. The van der Waals surface area contributed by atoms with Crippen LogP contribution in [-0.2, 0) is 6.54 Å². The van der Waals surface area contributed by atoms with E-state index in [0.29, 0.717) is 29.5 Å². The zero-order valence-corrected chi connectivity index (χ0v) is 14.2. The summed E-state index contributed by atoms with van der Waals surface area (Å²) in [6.07, 6.45) is 2.11. The Balaban J connectivity index is 2.33. The fraction of sp³-hybridized carbons (Fsp3) is 0.263. The molecule has 3 aromatic rings. The van der Waals surface area contributed by atoms with Crippen molar-refractivity contribution in [1.82, 2.24) is 9.55 Å². The van der Waals surface area contributed by atoms with Crippen molar-refractivity contribution >= 4 is 16.6 Å². The average Bonchev–Trinajstić information content (AvgIpc) is 2.95. The molecule has 0 amide bonds. The van der Waals surface area contributed by atoms with E-state index in [-0.39, 0.29) is 23.4 Å². The van der Waals surface area contributed by atoms with Crippen molar-refractivity contribution in [2.24, 2.45) is 0 Å². The number of halogens is 2. The Morgan fingerprint density at radius 2 is 2.08 bits per heavy atom. The Kier molecular flexibility index (Phi) is 4.87. The fourth-order valence-electron chi connectivity index (χ4n) is 3.15. The minimum Gasteiger partial charge on any atom is -0.397 e. The van der Waals surface area contributed by atoms with E-state index < -0.39 is 6.43 Å². The van der Waals surface area contributed by atoms with E-state index in [1.165, 1.54) is 12.4 Å². The van der Waals surface area contributed by atoms with Crippen molar-refractivity contribution in [2.45, 2.75) is 26.3 Å². The molecule has 2 heterocycles. The van der Waals surface area contributed by atoms with E-state index in [4.69, 9.17) is 10.8 Å². The number of nitriles is 1. The number of anilines is 1. The highest BCUT2D eigenvalue weighted by molar-refractivity contribution is 5.98. The van der Waals surface area contributed by atoms with Crippen LogP contribution in [0.15, 0.2) is 30.7 Å². The van der Waals surface area contributed by atoms with Gasteiger partial charge < -0.3 is 15.4 Å². The molecule has 0 spiro atoms. The van der Waals surface area contributed by atoms with Crippen molar-refractivity contribution < 1.29 is 13.9 Å². The first kappa shape index (κ1) is 17.8. The number of rotatable bonds is 5. The number of nitrogens with zero attached hydrogens (tertiary/aromatic N) is 3. The number of aliphatic hydroxyl groups is 1. The molecule has 26 heavy (non-hydrogen) atoms. The second-order valence-electron chi connectivity index (χ2n) is 6.10. The zero-order valence-electron chi connectivity index (χ0n) is 14.2. The molecule has 2 aromatic heterocycles. The lowest BCUT2D eigenvalue weighted by atomic mass is 9.98. The summed E-state index contributed by atoms with van der Waals surface area (Å²) in [5.74, 6) is 0. The topological polar surface area (TPSA) is 87.9 Å². The van der Waals surface area contributed by atoms with E-state index in [9.17, 15) is 14.0 Å². The molecule has 0 bridgehead atoms. The molecule has 0 aliphatic carbocycles. The first-order valence-corrected chi connectivity index (χ1v) is 8.14. The van der Waals surface area contributed by atoms with Gasteiger partial charge in [0, 0.05) is 47.6 Å². The first-order chi connectivity index (χ1) is 12.5. The fourth-order valence-corrected chi connectivity index (χ4v) is 3.15. The van der Waals surface area contributed by atoms with Gasteiger partial charge in [-0.25, -0.2) is 8.78 Å². The molecular weight excluding hydrogens is 338 g/mol. The van der Waals surface area contributed by atoms with Crippen molar-refractivity contribution in [3.05, 3.63) is 47.4 Å². The van der Waals surface area contributed by atoms with Gasteiger partial charge in [0.2, 0.25) is 0 Å². The normalized spacial score (nSPS) is 11.2. The monoisotopic (exact) mass is 356 g/mol. The highest BCUT2D eigenvalue weighted by Crippen LogP contribution is 2.39. The maximum absolute atomic E-state index is 13.6. The molecule has 0 unspecified atom stereocenters. The van der Waals surface area contributed by atoms with Crippen molar-refractivity contribution in [1.29, 1.82) is 5.26 Å². The van der Waals surface area contributed by atoms with Crippen LogP contribution in [0.4, 0.5) is 14.5 Å². The lowest BCUT2D eigenvalue weighted by Crippen LogP contribution is -1.99. The van der Waals surface area contributed by atoms with Gasteiger partial charge in [0.1, 0.15) is 0 Å². The Morgan fingerprint density at radius 3 is 2.73 bits per heavy atom. The second kappa shape index (κ2) is 7.10. The van der Waals surface area contributed by atoms with Gasteiger partial charge in [0.05, 0.1) is 29.1 Å². The number of aryl methyl sites for hydroxylation is 2. The summed E-state index contributed by atoms with van der Waals surface area (Å²) >= 11 is 0. The van der Waals surface area contributed by atoms with E-state index in [1.54, 1.807) is 12.3 Å². The smallest absolute Gasteiger partial charge is 0.266 e. The van der Waals surface area contributed by atoms with Crippen LogP contribution in [0.1, 0.15) is 29.5 Å². The van der Waals surface area contributed by atoms with Crippen LogP contribution >= 0.6 is 0 Å². The summed E-state index contributed by atoms with van der Waals surface area (Å²) in [5.41, 5.74) is 8.29.